The molecule has 1 saturated heterocycles. The van der Waals surface area contributed by atoms with Gasteiger partial charge in [0.2, 0.25) is 0 Å². The van der Waals surface area contributed by atoms with Gasteiger partial charge in [0.15, 0.2) is 0 Å². The summed E-state index contributed by atoms with van der Waals surface area (Å²) in [5.74, 6) is 0.880. The van der Waals surface area contributed by atoms with Crippen LogP contribution >= 0.6 is 0 Å². The Hall–Kier alpha value is -0.810. The van der Waals surface area contributed by atoms with Crippen LogP contribution in [0.3, 0.4) is 0 Å². The van der Waals surface area contributed by atoms with Crippen molar-refractivity contribution < 1.29 is 14.7 Å². The van der Waals surface area contributed by atoms with Gasteiger partial charge in [0.05, 0.1) is 13.2 Å². The van der Waals surface area contributed by atoms with Gasteiger partial charge in [-0.2, -0.15) is 0 Å². The van der Waals surface area contributed by atoms with E-state index in [2.05, 4.69) is 5.16 Å². The smallest absolute Gasteiger partial charge is 0.144 e. The summed E-state index contributed by atoms with van der Waals surface area (Å²) in [6.07, 6.45) is 4.05. The van der Waals surface area contributed by atoms with Crippen molar-refractivity contribution in [3.8, 4) is 0 Å². The summed E-state index contributed by atoms with van der Waals surface area (Å²) >= 11 is 0. The second-order valence-corrected chi connectivity index (χ2v) is 5.63. The summed E-state index contributed by atoms with van der Waals surface area (Å²) in [5, 5.41) is 11.7. The number of unbranched alkanes of at least 4 members (excludes halogenated alkanes) is 1. The van der Waals surface area contributed by atoms with Gasteiger partial charge in [0.25, 0.3) is 0 Å². The van der Waals surface area contributed by atoms with E-state index in [1.807, 2.05) is 13.8 Å². The highest BCUT2D eigenvalue weighted by atomic mass is 16.5. The van der Waals surface area contributed by atoms with E-state index in [0.717, 1.165) is 52.1 Å². The zero-order valence-corrected chi connectivity index (χ0v) is 11.5. The summed E-state index contributed by atoms with van der Waals surface area (Å²) in [4.78, 5) is 0. The number of oxime groups is 1. The molecular formula is C13H26N2O3. The van der Waals surface area contributed by atoms with Crippen LogP contribution in [0.15, 0.2) is 5.16 Å². The summed E-state index contributed by atoms with van der Waals surface area (Å²) in [6, 6.07) is 0. The van der Waals surface area contributed by atoms with E-state index in [4.69, 9.17) is 20.4 Å². The lowest BCUT2D eigenvalue weighted by molar-refractivity contribution is 0.0864. The minimum absolute atomic E-state index is 0.242. The highest BCUT2D eigenvalue weighted by Crippen LogP contribution is 2.23. The van der Waals surface area contributed by atoms with Gasteiger partial charge in [0.1, 0.15) is 5.84 Å². The standard InChI is InChI=1S/C13H26N2O3/c1-13(2,12(14)15-16)6-3-4-7-17-9-11-5-8-18-10-11/h11,16H,3-10H2,1-2H3,(H2,14,15). The lowest BCUT2D eigenvalue weighted by Gasteiger charge is -2.22. The van der Waals surface area contributed by atoms with Crippen LogP contribution in [0.2, 0.25) is 0 Å². The van der Waals surface area contributed by atoms with Crippen LogP contribution in [0.5, 0.6) is 0 Å². The van der Waals surface area contributed by atoms with Crippen molar-refractivity contribution in [2.75, 3.05) is 26.4 Å². The number of nitrogens with zero attached hydrogens (tertiary/aromatic N) is 1. The van der Waals surface area contributed by atoms with Gasteiger partial charge < -0.3 is 20.4 Å². The maximum atomic E-state index is 8.66. The van der Waals surface area contributed by atoms with Gasteiger partial charge >= 0.3 is 0 Å². The summed E-state index contributed by atoms with van der Waals surface area (Å²) in [7, 11) is 0. The van der Waals surface area contributed by atoms with E-state index >= 15 is 0 Å². The molecule has 0 aromatic rings. The molecule has 18 heavy (non-hydrogen) atoms. The first kappa shape index (κ1) is 15.2. The molecule has 5 heteroatoms. The Bertz CT molecular complexity index is 261. The predicted molar refractivity (Wildman–Crippen MR) is 70.8 cm³/mol. The molecule has 1 aliphatic rings. The molecule has 106 valence electrons. The molecule has 0 spiro atoms. The minimum Gasteiger partial charge on any atom is -0.409 e. The fourth-order valence-corrected chi connectivity index (χ4v) is 2.00. The molecule has 0 aromatic heterocycles. The fraction of sp³-hybridized carbons (Fsp3) is 0.923. The first-order valence-electron chi connectivity index (χ1n) is 6.70. The van der Waals surface area contributed by atoms with Crippen LogP contribution in [0.25, 0.3) is 0 Å². The third-order valence-electron chi connectivity index (χ3n) is 3.52. The van der Waals surface area contributed by atoms with Crippen LogP contribution < -0.4 is 5.73 Å². The first-order valence-corrected chi connectivity index (χ1v) is 6.70. The molecule has 1 fully saturated rings. The molecule has 0 aromatic carbocycles. The maximum Gasteiger partial charge on any atom is 0.144 e. The van der Waals surface area contributed by atoms with E-state index in [0.29, 0.717) is 11.8 Å². The van der Waals surface area contributed by atoms with Crippen LogP contribution in [0, 0.1) is 11.3 Å². The molecule has 0 aliphatic carbocycles. The molecular weight excluding hydrogens is 232 g/mol. The van der Waals surface area contributed by atoms with E-state index in [1.54, 1.807) is 0 Å². The van der Waals surface area contributed by atoms with Gasteiger partial charge in [0, 0.05) is 24.5 Å². The summed E-state index contributed by atoms with van der Waals surface area (Å²) in [6.45, 7) is 7.28. The van der Waals surface area contributed by atoms with Crippen molar-refractivity contribution in [1.29, 1.82) is 0 Å². The number of nitrogens with two attached hydrogens (primary N) is 1. The van der Waals surface area contributed by atoms with Gasteiger partial charge in [-0.15, -0.1) is 0 Å². The molecule has 1 atom stereocenters. The third kappa shape index (κ3) is 5.23. The summed E-state index contributed by atoms with van der Waals surface area (Å²) in [5.41, 5.74) is 5.39. The molecule has 1 rings (SSSR count). The Kier molecular flexibility index (Phi) is 6.43. The minimum atomic E-state index is -0.242. The van der Waals surface area contributed by atoms with Crippen molar-refractivity contribution in [1.82, 2.24) is 0 Å². The van der Waals surface area contributed by atoms with Gasteiger partial charge in [-0.05, 0) is 19.3 Å². The number of ether oxygens (including phenoxy) is 2. The fourth-order valence-electron chi connectivity index (χ4n) is 2.00. The monoisotopic (exact) mass is 258 g/mol. The maximum absolute atomic E-state index is 8.66. The molecule has 1 unspecified atom stereocenters. The Labute approximate surface area is 109 Å². The Balaban J connectivity index is 2.01. The highest BCUT2D eigenvalue weighted by molar-refractivity contribution is 5.85. The van der Waals surface area contributed by atoms with Crippen molar-refractivity contribution in [3.63, 3.8) is 0 Å². The van der Waals surface area contributed by atoms with Gasteiger partial charge in [-0.3, -0.25) is 0 Å². The Morgan fingerprint density at radius 3 is 2.89 bits per heavy atom. The van der Waals surface area contributed by atoms with Gasteiger partial charge in [-0.25, -0.2) is 0 Å². The van der Waals surface area contributed by atoms with E-state index < -0.39 is 0 Å². The lowest BCUT2D eigenvalue weighted by atomic mass is 9.86. The van der Waals surface area contributed by atoms with Crippen molar-refractivity contribution in [2.45, 2.75) is 39.5 Å². The van der Waals surface area contributed by atoms with Crippen LogP contribution in [0.4, 0.5) is 0 Å². The van der Waals surface area contributed by atoms with Crippen LogP contribution in [0.1, 0.15) is 39.5 Å². The normalized spacial score (nSPS) is 21.4. The molecule has 1 heterocycles. The molecule has 0 amide bonds. The largest absolute Gasteiger partial charge is 0.409 e. The average Bonchev–Trinajstić information content (AvgIpc) is 2.85. The molecule has 1 aliphatic heterocycles. The number of rotatable bonds is 8. The second-order valence-electron chi connectivity index (χ2n) is 5.63. The van der Waals surface area contributed by atoms with E-state index in [1.165, 1.54) is 0 Å². The molecule has 5 nitrogen and oxygen atoms in total. The molecule has 0 radical (unpaired) electrons. The number of hydrogen-bond donors (Lipinski definition) is 2. The van der Waals surface area contributed by atoms with E-state index in [9.17, 15) is 0 Å². The van der Waals surface area contributed by atoms with Crippen molar-refractivity contribution >= 4 is 5.84 Å². The SMILES string of the molecule is CC(C)(CCCCOCC1CCOC1)C(N)=NO. The number of hydrogen-bond acceptors (Lipinski definition) is 4. The molecule has 0 bridgehead atoms. The zero-order chi connectivity index (χ0) is 13.4. The lowest BCUT2D eigenvalue weighted by Crippen LogP contribution is -2.31. The highest BCUT2D eigenvalue weighted by Gasteiger charge is 2.22. The number of amidine groups is 1. The van der Waals surface area contributed by atoms with Crippen molar-refractivity contribution in [3.05, 3.63) is 0 Å². The average molecular weight is 258 g/mol. The third-order valence-corrected chi connectivity index (χ3v) is 3.52. The second kappa shape index (κ2) is 7.59. The topological polar surface area (TPSA) is 77.1 Å². The zero-order valence-electron chi connectivity index (χ0n) is 11.5. The Morgan fingerprint density at radius 1 is 1.50 bits per heavy atom. The molecule has 3 N–H and O–H groups in total. The Morgan fingerprint density at radius 2 is 2.28 bits per heavy atom. The summed E-state index contributed by atoms with van der Waals surface area (Å²) < 4.78 is 10.9. The quantitative estimate of drug-likeness (QED) is 0.229. The van der Waals surface area contributed by atoms with Gasteiger partial charge in [-0.1, -0.05) is 25.4 Å². The van der Waals surface area contributed by atoms with Crippen LogP contribution in [-0.2, 0) is 9.47 Å². The molecule has 0 saturated carbocycles. The first-order chi connectivity index (χ1) is 8.56. The van der Waals surface area contributed by atoms with E-state index in [-0.39, 0.29) is 5.41 Å². The predicted octanol–water partition coefficient (Wildman–Crippen LogP) is 1.98. The van der Waals surface area contributed by atoms with Crippen LogP contribution in [-0.4, -0.2) is 37.5 Å². The van der Waals surface area contributed by atoms with Crippen molar-refractivity contribution in [2.24, 2.45) is 22.2 Å².